The lowest BCUT2D eigenvalue weighted by Gasteiger charge is -2.37. The first-order valence-electron chi connectivity index (χ1n) is 14.0. The van der Waals surface area contributed by atoms with Crippen molar-refractivity contribution < 1.29 is 14.3 Å². The van der Waals surface area contributed by atoms with E-state index in [4.69, 9.17) is 10.5 Å². The Morgan fingerprint density at radius 1 is 1.20 bits per heavy atom. The van der Waals surface area contributed by atoms with Crippen LogP contribution in [0.2, 0.25) is 0 Å². The number of ether oxygens (including phenoxy) is 1. The van der Waals surface area contributed by atoms with Crippen molar-refractivity contribution in [1.29, 1.82) is 0 Å². The number of aromatic nitrogens is 3. The Bertz CT molecular complexity index is 1530. The van der Waals surface area contributed by atoms with Gasteiger partial charge in [0.05, 0.1) is 23.2 Å². The van der Waals surface area contributed by atoms with E-state index < -0.39 is 0 Å². The number of benzene rings is 1. The van der Waals surface area contributed by atoms with Gasteiger partial charge in [-0.15, -0.1) is 0 Å². The molecule has 9 heteroatoms. The molecule has 2 saturated heterocycles. The van der Waals surface area contributed by atoms with Gasteiger partial charge in [0.1, 0.15) is 17.8 Å². The zero-order valence-corrected chi connectivity index (χ0v) is 23.2. The van der Waals surface area contributed by atoms with Crippen LogP contribution in [-0.4, -0.2) is 56.5 Å². The topological polar surface area (TPSA) is 115 Å². The highest BCUT2D eigenvalue weighted by molar-refractivity contribution is 6.05. The van der Waals surface area contributed by atoms with Crippen LogP contribution in [0, 0.1) is 5.92 Å². The van der Waals surface area contributed by atoms with Crippen molar-refractivity contribution in [1.82, 2.24) is 19.4 Å². The van der Waals surface area contributed by atoms with Crippen LogP contribution in [0.3, 0.4) is 0 Å². The molecule has 1 aromatic carbocycles. The van der Waals surface area contributed by atoms with E-state index in [2.05, 4.69) is 37.4 Å². The largest absolute Gasteiger partial charge is 0.383 e. The van der Waals surface area contributed by atoms with Gasteiger partial charge >= 0.3 is 0 Å². The van der Waals surface area contributed by atoms with Crippen LogP contribution in [0.1, 0.15) is 51.0 Å². The molecule has 2 aromatic heterocycles. The summed E-state index contributed by atoms with van der Waals surface area (Å²) in [7, 11) is 1.98. The lowest BCUT2D eigenvalue weighted by atomic mass is 9.83. The Kier molecular flexibility index (Phi) is 6.70. The molecule has 3 aliphatic rings. The van der Waals surface area contributed by atoms with Gasteiger partial charge in [-0.3, -0.25) is 9.59 Å². The fourth-order valence-corrected chi connectivity index (χ4v) is 6.67. The lowest BCUT2D eigenvalue weighted by Crippen LogP contribution is -2.50. The first kappa shape index (κ1) is 26.3. The third kappa shape index (κ3) is 4.38. The molecule has 3 N–H and O–H groups in total. The molecule has 208 valence electrons. The van der Waals surface area contributed by atoms with Crippen molar-refractivity contribution in [2.45, 2.75) is 51.0 Å². The molecule has 3 aromatic rings. The van der Waals surface area contributed by atoms with Crippen LogP contribution in [-0.2, 0) is 21.4 Å². The van der Waals surface area contributed by atoms with Gasteiger partial charge in [-0.1, -0.05) is 24.8 Å². The number of allylic oxidation sites excluding steroid dienone is 2. The third-order valence-electron chi connectivity index (χ3n) is 8.83. The van der Waals surface area contributed by atoms with Crippen LogP contribution in [0.15, 0.2) is 48.8 Å². The zero-order chi connectivity index (χ0) is 28.0. The van der Waals surface area contributed by atoms with E-state index in [0.29, 0.717) is 30.1 Å². The van der Waals surface area contributed by atoms with Crippen LogP contribution in [0.25, 0.3) is 27.9 Å². The van der Waals surface area contributed by atoms with Gasteiger partial charge in [0.25, 0.3) is 5.91 Å². The van der Waals surface area contributed by atoms with Crippen molar-refractivity contribution in [2.24, 2.45) is 13.0 Å². The predicted octanol–water partition coefficient (Wildman–Crippen LogP) is 4.70. The van der Waals surface area contributed by atoms with Crippen LogP contribution < -0.4 is 11.1 Å². The molecule has 2 atom stereocenters. The molecular formula is C31H36N6O3. The van der Waals surface area contributed by atoms with Gasteiger partial charge in [-0.2, -0.15) is 0 Å². The molecule has 4 heterocycles. The second-order valence-electron chi connectivity index (χ2n) is 11.4. The number of anilines is 2. The third-order valence-corrected chi connectivity index (χ3v) is 8.83. The second-order valence-corrected chi connectivity index (χ2v) is 11.4. The zero-order valence-electron chi connectivity index (χ0n) is 23.2. The Balaban J connectivity index is 1.33. The molecule has 40 heavy (non-hydrogen) atoms. The molecular weight excluding hydrogens is 504 g/mol. The predicted molar refractivity (Wildman–Crippen MR) is 156 cm³/mol. The number of nitrogens with zero attached hydrogens (tertiary/aromatic N) is 4. The number of nitrogen functional groups attached to an aromatic ring is 1. The SMILES string of the molecule is C=C(C)C(=O)Nc1ccc(-c2c(C3=CC[C@H](C(=O)N4CCCC45CCOC5)CC3)c3c(N)ncnc3n2C)cc1. The Labute approximate surface area is 234 Å². The van der Waals surface area contributed by atoms with Crippen LogP contribution in [0.4, 0.5) is 11.5 Å². The van der Waals surface area contributed by atoms with Crippen LogP contribution >= 0.6 is 0 Å². The van der Waals surface area contributed by atoms with E-state index in [1.165, 1.54) is 6.33 Å². The number of rotatable bonds is 5. The molecule has 6 rings (SSSR count). The number of likely N-dealkylation sites (tertiary alicyclic amines) is 1. The fourth-order valence-electron chi connectivity index (χ4n) is 6.67. The van der Waals surface area contributed by atoms with Crippen molar-refractivity contribution in [3.63, 3.8) is 0 Å². The number of hydrogen-bond acceptors (Lipinski definition) is 6. The molecule has 2 fully saturated rings. The summed E-state index contributed by atoms with van der Waals surface area (Å²) in [5.74, 6) is 0.471. The van der Waals surface area contributed by atoms with Gasteiger partial charge in [-0.25, -0.2) is 9.97 Å². The van der Waals surface area contributed by atoms with E-state index in [1.54, 1.807) is 6.92 Å². The number of aryl methyl sites for hydroxylation is 1. The smallest absolute Gasteiger partial charge is 0.250 e. The summed E-state index contributed by atoms with van der Waals surface area (Å²) >= 11 is 0. The molecule has 0 radical (unpaired) electrons. The number of amides is 2. The maximum Gasteiger partial charge on any atom is 0.250 e. The van der Waals surface area contributed by atoms with Gasteiger partial charge in [0.2, 0.25) is 5.91 Å². The van der Waals surface area contributed by atoms with E-state index in [9.17, 15) is 9.59 Å². The molecule has 9 nitrogen and oxygen atoms in total. The average Bonchev–Trinajstić information content (AvgIpc) is 3.68. The number of nitrogens with two attached hydrogens (primary N) is 1. The number of carbonyl (C=O) groups excluding carboxylic acids is 2. The van der Waals surface area contributed by atoms with Crippen molar-refractivity contribution >= 4 is 39.9 Å². The normalized spacial score (nSPS) is 22.6. The molecule has 1 spiro atoms. The maximum atomic E-state index is 13.7. The van der Waals surface area contributed by atoms with Gasteiger partial charge < -0.3 is 25.3 Å². The number of carbonyl (C=O) groups is 2. The van der Waals surface area contributed by atoms with Crippen molar-refractivity contribution in [3.05, 3.63) is 54.4 Å². The summed E-state index contributed by atoms with van der Waals surface area (Å²) in [6, 6.07) is 7.74. The van der Waals surface area contributed by atoms with Gasteiger partial charge in [0.15, 0.2) is 0 Å². The Morgan fingerprint density at radius 3 is 2.67 bits per heavy atom. The minimum atomic E-state index is -0.210. The highest BCUT2D eigenvalue weighted by atomic mass is 16.5. The quantitative estimate of drug-likeness (QED) is 0.454. The standard InChI is InChI=1S/C31H36N6O3/c1-19(2)29(38)35-23-11-9-21(10-12-23)26-24(25-27(32)33-18-34-28(25)36(26)3)20-5-7-22(8-6-20)30(39)37-15-4-13-31(37)14-16-40-17-31/h5,9-12,18,22H,1,4,6-8,13-17H2,2-3H3,(H,35,38)(H2,32,33,34)/t22-,31?/m0/s1. The Morgan fingerprint density at radius 2 is 2.00 bits per heavy atom. The maximum absolute atomic E-state index is 13.7. The molecule has 2 aliphatic heterocycles. The van der Waals surface area contributed by atoms with Crippen molar-refractivity contribution in [2.75, 3.05) is 30.8 Å². The first-order chi connectivity index (χ1) is 19.3. The number of hydrogen-bond donors (Lipinski definition) is 2. The molecule has 1 unspecified atom stereocenters. The molecule has 2 amide bonds. The highest BCUT2D eigenvalue weighted by Crippen LogP contribution is 2.44. The van der Waals surface area contributed by atoms with E-state index in [0.717, 1.165) is 78.7 Å². The van der Waals surface area contributed by atoms with Crippen LogP contribution in [0.5, 0.6) is 0 Å². The fraction of sp³-hybridized carbons (Fsp3) is 0.419. The Hall–Kier alpha value is -3.98. The first-order valence-corrected chi connectivity index (χ1v) is 14.0. The van der Waals surface area contributed by atoms with E-state index >= 15 is 0 Å². The monoisotopic (exact) mass is 540 g/mol. The van der Waals surface area contributed by atoms with E-state index in [-0.39, 0.29) is 23.3 Å². The summed E-state index contributed by atoms with van der Waals surface area (Å²) < 4.78 is 7.77. The van der Waals surface area contributed by atoms with Crippen molar-refractivity contribution in [3.8, 4) is 11.3 Å². The molecule has 0 saturated carbocycles. The minimum Gasteiger partial charge on any atom is -0.383 e. The average molecular weight is 541 g/mol. The summed E-state index contributed by atoms with van der Waals surface area (Å²) in [5, 5.41) is 3.69. The molecule has 0 bridgehead atoms. The lowest BCUT2D eigenvalue weighted by molar-refractivity contribution is -0.140. The summed E-state index contributed by atoms with van der Waals surface area (Å²) in [6.45, 7) is 7.63. The van der Waals surface area contributed by atoms with E-state index in [1.807, 2.05) is 31.3 Å². The van der Waals surface area contributed by atoms with Gasteiger partial charge in [0, 0.05) is 42.9 Å². The number of fused-ring (bicyclic) bond motifs is 1. The summed E-state index contributed by atoms with van der Waals surface area (Å²) in [5.41, 5.74) is 12.4. The highest BCUT2D eigenvalue weighted by Gasteiger charge is 2.47. The van der Waals surface area contributed by atoms with Gasteiger partial charge in [-0.05, 0) is 68.7 Å². The molecule has 1 aliphatic carbocycles. The summed E-state index contributed by atoms with van der Waals surface area (Å²) in [6.07, 6.45) is 8.99. The second kappa shape index (κ2) is 10.2. The number of nitrogens with one attached hydrogen (secondary N) is 1. The summed E-state index contributed by atoms with van der Waals surface area (Å²) in [4.78, 5) is 36.8. The minimum absolute atomic E-state index is 0.0254.